The van der Waals surface area contributed by atoms with Crippen molar-refractivity contribution < 1.29 is 4.79 Å². The van der Waals surface area contributed by atoms with Crippen molar-refractivity contribution in [3.8, 4) is 6.07 Å². The van der Waals surface area contributed by atoms with Gasteiger partial charge in [0.05, 0.1) is 10.6 Å². The zero-order valence-corrected chi connectivity index (χ0v) is 10.2. The van der Waals surface area contributed by atoms with E-state index >= 15 is 0 Å². The monoisotopic (exact) mass is 236 g/mol. The summed E-state index contributed by atoms with van der Waals surface area (Å²) in [7, 11) is 0. The van der Waals surface area contributed by atoms with Gasteiger partial charge >= 0.3 is 0 Å². The minimum Gasteiger partial charge on any atom is -0.326 e. The minimum atomic E-state index is -0.466. The average molecular weight is 237 g/mol. The summed E-state index contributed by atoms with van der Waals surface area (Å²) < 4.78 is 0. The molecule has 0 saturated heterocycles. The van der Waals surface area contributed by atoms with Crippen molar-refractivity contribution in [2.75, 3.05) is 5.32 Å². The Hall–Kier alpha value is -1.53. The van der Waals surface area contributed by atoms with E-state index in [0.29, 0.717) is 16.3 Å². The Kier molecular flexibility index (Phi) is 3.56. The van der Waals surface area contributed by atoms with Crippen LogP contribution >= 0.6 is 11.6 Å². The van der Waals surface area contributed by atoms with Crippen LogP contribution in [0, 0.1) is 16.7 Å². The van der Waals surface area contributed by atoms with Crippen LogP contribution in [0.5, 0.6) is 0 Å². The third-order valence-electron chi connectivity index (χ3n) is 2.03. The number of halogens is 1. The molecule has 0 radical (unpaired) electrons. The summed E-state index contributed by atoms with van der Waals surface area (Å²) in [6.45, 7) is 5.47. The van der Waals surface area contributed by atoms with E-state index in [9.17, 15) is 4.79 Å². The van der Waals surface area contributed by atoms with Gasteiger partial charge in [-0.05, 0) is 18.2 Å². The van der Waals surface area contributed by atoms with Crippen LogP contribution in [0.4, 0.5) is 5.69 Å². The van der Waals surface area contributed by atoms with E-state index in [1.54, 1.807) is 18.2 Å². The lowest BCUT2D eigenvalue weighted by Gasteiger charge is -2.17. The number of carbonyl (C=O) groups is 1. The van der Waals surface area contributed by atoms with Gasteiger partial charge in [0.15, 0.2) is 0 Å². The predicted molar refractivity (Wildman–Crippen MR) is 64.3 cm³/mol. The van der Waals surface area contributed by atoms with Crippen LogP contribution in [0.3, 0.4) is 0 Å². The number of nitriles is 1. The highest BCUT2D eigenvalue weighted by Gasteiger charge is 2.21. The molecule has 0 bridgehead atoms. The molecule has 0 atom stereocenters. The van der Waals surface area contributed by atoms with Gasteiger partial charge in [0, 0.05) is 11.1 Å². The first-order valence-electron chi connectivity index (χ1n) is 4.85. The van der Waals surface area contributed by atoms with Crippen LogP contribution < -0.4 is 5.32 Å². The molecule has 1 aromatic carbocycles. The molecular formula is C12H13ClN2O. The van der Waals surface area contributed by atoms with Crippen LogP contribution in [0.1, 0.15) is 26.3 Å². The van der Waals surface area contributed by atoms with Crippen LogP contribution in [-0.2, 0) is 4.79 Å². The third-order valence-corrected chi connectivity index (χ3v) is 2.36. The number of amides is 1. The Labute approximate surface area is 100 Å². The summed E-state index contributed by atoms with van der Waals surface area (Å²) in [5.74, 6) is -0.0984. The summed E-state index contributed by atoms with van der Waals surface area (Å²) in [5.41, 5.74) is 0.473. The molecule has 0 heterocycles. The lowest BCUT2D eigenvalue weighted by molar-refractivity contribution is -0.123. The Morgan fingerprint density at radius 2 is 2.06 bits per heavy atom. The molecule has 1 rings (SSSR count). The van der Waals surface area contributed by atoms with E-state index in [2.05, 4.69) is 5.32 Å². The molecule has 0 unspecified atom stereocenters. The Morgan fingerprint density at radius 1 is 1.44 bits per heavy atom. The average Bonchev–Trinajstić information content (AvgIpc) is 2.19. The standard InChI is InChI=1S/C12H13ClN2O/c1-12(2,3)11(16)15-9-4-5-10(13)8(6-9)7-14/h4-6H,1-3H3,(H,15,16). The van der Waals surface area contributed by atoms with Crippen molar-refractivity contribution in [1.29, 1.82) is 5.26 Å². The van der Waals surface area contributed by atoms with Gasteiger partial charge in [-0.2, -0.15) is 5.26 Å². The molecule has 0 aliphatic carbocycles. The highest BCUT2D eigenvalue weighted by Crippen LogP contribution is 2.22. The van der Waals surface area contributed by atoms with Gasteiger partial charge in [0.25, 0.3) is 0 Å². The number of nitrogens with zero attached hydrogens (tertiary/aromatic N) is 1. The van der Waals surface area contributed by atoms with Gasteiger partial charge in [-0.1, -0.05) is 32.4 Å². The van der Waals surface area contributed by atoms with Crippen molar-refractivity contribution in [3.63, 3.8) is 0 Å². The fourth-order valence-corrected chi connectivity index (χ4v) is 1.17. The SMILES string of the molecule is CC(C)(C)C(=O)Nc1ccc(Cl)c(C#N)c1. The summed E-state index contributed by atoms with van der Waals surface area (Å²) in [6.07, 6.45) is 0. The number of nitrogens with one attached hydrogen (secondary N) is 1. The molecule has 0 fully saturated rings. The Bertz CT molecular complexity index is 455. The molecule has 0 aromatic heterocycles. The quantitative estimate of drug-likeness (QED) is 0.814. The number of benzene rings is 1. The molecule has 0 spiro atoms. The van der Waals surface area contributed by atoms with Crippen LogP contribution in [0.25, 0.3) is 0 Å². The second-order valence-corrected chi connectivity index (χ2v) is 4.92. The molecule has 0 aliphatic rings. The molecule has 1 amide bonds. The molecule has 1 N–H and O–H groups in total. The summed E-state index contributed by atoms with van der Waals surface area (Å²) in [6, 6.07) is 6.79. The minimum absolute atomic E-state index is 0.0984. The lowest BCUT2D eigenvalue weighted by Crippen LogP contribution is -2.27. The first kappa shape index (κ1) is 12.5. The van der Waals surface area contributed by atoms with E-state index in [-0.39, 0.29) is 5.91 Å². The molecule has 4 heteroatoms. The van der Waals surface area contributed by atoms with E-state index in [0.717, 1.165) is 0 Å². The topological polar surface area (TPSA) is 52.9 Å². The number of hydrogen-bond acceptors (Lipinski definition) is 2. The van der Waals surface area contributed by atoms with E-state index in [1.807, 2.05) is 26.8 Å². The largest absolute Gasteiger partial charge is 0.326 e. The highest BCUT2D eigenvalue weighted by molar-refractivity contribution is 6.31. The van der Waals surface area contributed by atoms with E-state index in [1.165, 1.54) is 0 Å². The molecule has 16 heavy (non-hydrogen) atoms. The highest BCUT2D eigenvalue weighted by atomic mass is 35.5. The third kappa shape index (κ3) is 2.98. The van der Waals surface area contributed by atoms with Gasteiger partial charge in [-0.25, -0.2) is 0 Å². The van der Waals surface area contributed by atoms with Gasteiger partial charge in [0.2, 0.25) is 5.91 Å². The first-order chi connectivity index (χ1) is 7.34. The fraction of sp³-hybridized carbons (Fsp3) is 0.333. The number of anilines is 1. The normalized spacial score (nSPS) is 10.7. The van der Waals surface area contributed by atoms with Gasteiger partial charge in [-0.3, -0.25) is 4.79 Å². The van der Waals surface area contributed by atoms with Crippen molar-refractivity contribution in [3.05, 3.63) is 28.8 Å². The lowest BCUT2D eigenvalue weighted by atomic mass is 9.95. The second kappa shape index (κ2) is 4.54. The van der Waals surface area contributed by atoms with Crippen LogP contribution in [-0.4, -0.2) is 5.91 Å². The first-order valence-corrected chi connectivity index (χ1v) is 5.23. The molecule has 3 nitrogen and oxygen atoms in total. The van der Waals surface area contributed by atoms with Crippen molar-refractivity contribution in [2.45, 2.75) is 20.8 Å². The van der Waals surface area contributed by atoms with Crippen molar-refractivity contribution in [2.24, 2.45) is 5.41 Å². The maximum absolute atomic E-state index is 11.7. The van der Waals surface area contributed by atoms with E-state index < -0.39 is 5.41 Å². The van der Waals surface area contributed by atoms with Crippen molar-refractivity contribution >= 4 is 23.2 Å². The molecular weight excluding hydrogens is 224 g/mol. The maximum atomic E-state index is 11.7. The molecule has 84 valence electrons. The maximum Gasteiger partial charge on any atom is 0.229 e. The molecule has 0 saturated carbocycles. The summed E-state index contributed by atoms with van der Waals surface area (Å²) >= 11 is 5.79. The van der Waals surface area contributed by atoms with Crippen LogP contribution in [0.15, 0.2) is 18.2 Å². The summed E-state index contributed by atoms with van der Waals surface area (Å²) in [5, 5.41) is 11.9. The van der Waals surface area contributed by atoms with Crippen molar-refractivity contribution in [1.82, 2.24) is 0 Å². The summed E-state index contributed by atoms with van der Waals surface area (Å²) in [4.78, 5) is 11.7. The smallest absolute Gasteiger partial charge is 0.229 e. The van der Waals surface area contributed by atoms with Crippen LogP contribution in [0.2, 0.25) is 5.02 Å². The zero-order chi connectivity index (χ0) is 12.3. The zero-order valence-electron chi connectivity index (χ0n) is 9.47. The van der Waals surface area contributed by atoms with Gasteiger partial charge in [-0.15, -0.1) is 0 Å². The number of rotatable bonds is 1. The van der Waals surface area contributed by atoms with Gasteiger partial charge in [0.1, 0.15) is 6.07 Å². The molecule has 0 aliphatic heterocycles. The second-order valence-electron chi connectivity index (χ2n) is 4.51. The molecule has 1 aromatic rings. The fourth-order valence-electron chi connectivity index (χ4n) is 1.01. The van der Waals surface area contributed by atoms with Gasteiger partial charge < -0.3 is 5.32 Å². The Balaban J connectivity index is 2.92. The number of carbonyl (C=O) groups excluding carboxylic acids is 1. The predicted octanol–water partition coefficient (Wildman–Crippen LogP) is 3.20. The van der Waals surface area contributed by atoms with E-state index in [4.69, 9.17) is 16.9 Å². The number of hydrogen-bond donors (Lipinski definition) is 1. The Morgan fingerprint density at radius 3 is 2.56 bits per heavy atom.